The highest BCUT2D eigenvalue weighted by atomic mass is 79.9. The van der Waals surface area contributed by atoms with Gasteiger partial charge in [-0.2, -0.15) is 0 Å². The molecule has 0 aliphatic heterocycles. The lowest BCUT2D eigenvalue weighted by atomic mass is 9.83. The molecule has 1 aliphatic rings. The van der Waals surface area contributed by atoms with E-state index in [0.717, 1.165) is 16.1 Å². The van der Waals surface area contributed by atoms with E-state index < -0.39 is 0 Å². The number of halogens is 3. The molecule has 0 radical (unpaired) electrons. The Balaban J connectivity index is 1.94. The van der Waals surface area contributed by atoms with Crippen LogP contribution in [0.15, 0.2) is 16.6 Å². The molecule has 0 aromatic heterocycles. The zero-order valence-electron chi connectivity index (χ0n) is 11.2. The van der Waals surface area contributed by atoms with Gasteiger partial charge in [0.25, 0.3) is 0 Å². The number of rotatable bonds is 4. The number of hydrogen-bond donors (Lipinski definition) is 1. The van der Waals surface area contributed by atoms with E-state index in [1.165, 1.54) is 38.5 Å². The summed E-state index contributed by atoms with van der Waals surface area (Å²) in [6, 6.07) is 4.47. The smallest absolute Gasteiger partial charge is 0.0835 e. The second-order valence-electron chi connectivity index (χ2n) is 5.37. The minimum absolute atomic E-state index is 0.530. The lowest BCUT2D eigenvalue weighted by Gasteiger charge is -2.30. The Kier molecular flexibility index (Phi) is 5.86. The van der Waals surface area contributed by atoms with Crippen molar-refractivity contribution in [1.82, 2.24) is 0 Å². The van der Waals surface area contributed by atoms with Gasteiger partial charge < -0.3 is 5.32 Å². The van der Waals surface area contributed by atoms with Crippen molar-refractivity contribution in [2.75, 3.05) is 5.32 Å². The van der Waals surface area contributed by atoms with E-state index in [-0.39, 0.29) is 0 Å². The standard InChI is InChI=1S/C15H20BrCl2N/c1-2-3-10-4-6-11(7-5-10)19-13-9-8-12(16)14(17)15(13)18/h8-11,19H,2-7H2,1H3. The molecule has 0 bridgehead atoms. The zero-order chi connectivity index (χ0) is 13.8. The molecule has 0 atom stereocenters. The number of anilines is 1. The van der Waals surface area contributed by atoms with Crippen LogP contribution in [0.1, 0.15) is 45.4 Å². The van der Waals surface area contributed by atoms with Gasteiger partial charge in [0, 0.05) is 10.5 Å². The molecule has 0 amide bonds. The van der Waals surface area contributed by atoms with Gasteiger partial charge in [0.1, 0.15) is 0 Å². The van der Waals surface area contributed by atoms with Crippen LogP contribution in [0.25, 0.3) is 0 Å². The Morgan fingerprint density at radius 1 is 1.16 bits per heavy atom. The second kappa shape index (κ2) is 7.19. The predicted molar refractivity (Wildman–Crippen MR) is 88.4 cm³/mol. The molecular weight excluding hydrogens is 345 g/mol. The summed E-state index contributed by atoms with van der Waals surface area (Å²) in [6.45, 7) is 2.27. The van der Waals surface area contributed by atoms with Gasteiger partial charge in [-0.15, -0.1) is 0 Å². The molecule has 1 aromatic carbocycles. The number of nitrogens with one attached hydrogen (secondary N) is 1. The van der Waals surface area contributed by atoms with E-state index in [2.05, 4.69) is 28.2 Å². The average molecular weight is 365 g/mol. The summed E-state index contributed by atoms with van der Waals surface area (Å²) in [5.74, 6) is 0.923. The van der Waals surface area contributed by atoms with Crippen LogP contribution >= 0.6 is 39.1 Å². The molecule has 106 valence electrons. The van der Waals surface area contributed by atoms with Gasteiger partial charge >= 0.3 is 0 Å². The lowest BCUT2D eigenvalue weighted by Crippen LogP contribution is -2.26. The summed E-state index contributed by atoms with van der Waals surface area (Å²) in [6.07, 6.45) is 7.79. The molecular formula is C15H20BrCl2N. The van der Waals surface area contributed by atoms with Crippen LogP contribution in [0.5, 0.6) is 0 Å². The molecule has 1 saturated carbocycles. The third-order valence-electron chi connectivity index (χ3n) is 3.94. The maximum atomic E-state index is 6.27. The van der Waals surface area contributed by atoms with Gasteiger partial charge in [-0.1, -0.05) is 43.0 Å². The SMILES string of the molecule is CCCC1CCC(Nc2ccc(Br)c(Cl)c2Cl)CC1. The molecule has 1 aliphatic carbocycles. The lowest BCUT2D eigenvalue weighted by molar-refractivity contribution is 0.319. The summed E-state index contributed by atoms with van der Waals surface area (Å²) in [7, 11) is 0. The first-order chi connectivity index (χ1) is 9.11. The van der Waals surface area contributed by atoms with Gasteiger partial charge in [-0.3, -0.25) is 0 Å². The van der Waals surface area contributed by atoms with Crippen molar-refractivity contribution >= 4 is 44.8 Å². The third-order valence-corrected chi connectivity index (χ3v) is 5.71. The van der Waals surface area contributed by atoms with Crippen molar-refractivity contribution in [2.24, 2.45) is 5.92 Å². The minimum Gasteiger partial charge on any atom is -0.381 e. The monoisotopic (exact) mass is 363 g/mol. The number of hydrogen-bond acceptors (Lipinski definition) is 1. The van der Waals surface area contributed by atoms with Crippen LogP contribution in [-0.2, 0) is 0 Å². The molecule has 4 heteroatoms. The molecule has 19 heavy (non-hydrogen) atoms. The van der Waals surface area contributed by atoms with Crippen LogP contribution in [0.2, 0.25) is 10.0 Å². The van der Waals surface area contributed by atoms with E-state index in [0.29, 0.717) is 16.1 Å². The van der Waals surface area contributed by atoms with Crippen molar-refractivity contribution in [3.63, 3.8) is 0 Å². The van der Waals surface area contributed by atoms with Crippen molar-refractivity contribution < 1.29 is 0 Å². The summed E-state index contributed by atoms with van der Waals surface area (Å²) < 4.78 is 0.844. The first-order valence-electron chi connectivity index (χ1n) is 7.01. The molecule has 0 saturated heterocycles. The predicted octanol–water partition coefficient (Wildman–Crippen LogP) is 6.53. The molecule has 0 heterocycles. The van der Waals surface area contributed by atoms with Crippen molar-refractivity contribution in [3.05, 3.63) is 26.7 Å². The zero-order valence-corrected chi connectivity index (χ0v) is 14.3. The molecule has 1 fully saturated rings. The molecule has 0 unspecified atom stereocenters. The van der Waals surface area contributed by atoms with Crippen LogP contribution in [0.4, 0.5) is 5.69 Å². The van der Waals surface area contributed by atoms with E-state index in [4.69, 9.17) is 23.2 Å². The Labute approximate surface area is 134 Å². The summed E-state index contributed by atoms with van der Waals surface area (Å²) >= 11 is 15.8. The molecule has 1 nitrogen and oxygen atoms in total. The summed E-state index contributed by atoms with van der Waals surface area (Å²) in [4.78, 5) is 0. The van der Waals surface area contributed by atoms with E-state index >= 15 is 0 Å². The fourth-order valence-corrected chi connectivity index (χ4v) is 3.69. The van der Waals surface area contributed by atoms with E-state index in [1.54, 1.807) is 0 Å². The summed E-state index contributed by atoms with van der Waals surface area (Å²) in [5.41, 5.74) is 0.953. The van der Waals surface area contributed by atoms with E-state index in [9.17, 15) is 0 Å². The topological polar surface area (TPSA) is 12.0 Å². The third kappa shape index (κ3) is 4.03. The molecule has 1 N–H and O–H groups in total. The van der Waals surface area contributed by atoms with Crippen LogP contribution in [-0.4, -0.2) is 6.04 Å². The molecule has 1 aromatic rings. The largest absolute Gasteiger partial charge is 0.381 e. The first kappa shape index (κ1) is 15.5. The van der Waals surface area contributed by atoms with Gasteiger partial charge in [0.15, 0.2) is 0 Å². The van der Waals surface area contributed by atoms with Gasteiger partial charge in [0.2, 0.25) is 0 Å². The minimum atomic E-state index is 0.530. The fraction of sp³-hybridized carbons (Fsp3) is 0.600. The van der Waals surface area contributed by atoms with Crippen molar-refractivity contribution in [3.8, 4) is 0 Å². The van der Waals surface area contributed by atoms with Crippen LogP contribution < -0.4 is 5.32 Å². The Bertz CT molecular complexity index is 428. The maximum absolute atomic E-state index is 6.27. The highest BCUT2D eigenvalue weighted by Gasteiger charge is 2.21. The van der Waals surface area contributed by atoms with Crippen LogP contribution in [0, 0.1) is 5.92 Å². The highest BCUT2D eigenvalue weighted by Crippen LogP contribution is 2.37. The van der Waals surface area contributed by atoms with E-state index in [1.807, 2.05) is 12.1 Å². The van der Waals surface area contributed by atoms with Crippen molar-refractivity contribution in [2.45, 2.75) is 51.5 Å². The Morgan fingerprint density at radius 2 is 1.84 bits per heavy atom. The first-order valence-corrected chi connectivity index (χ1v) is 8.56. The van der Waals surface area contributed by atoms with Gasteiger partial charge in [-0.05, 0) is 59.7 Å². The van der Waals surface area contributed by atoms with Gasteiger partial charge in [-0.25, -0.2) is 0 Å². The van der Waals surface area contributed by atoms with Gasteiger partial charge in [0.05, 0.1) is 15.7 Å². The fourth-order valence-electron chi connectivity index (χ4n) is 2.86. The van der Waals surface area contributed by atoms with Crippen LogP contribution in [0.3, 0.4) is 0 Å². The highest BCUT2D eigenvalue weighted by molar-refractivity contribution is 9.10. The Hall–Kier alpha value is 0.0800. The Morgan fingerprint density at radius 3 is 2.47 bits per heavy atom. The normalized spacial score (nSPS) is 23.4. The second-order valence-corrected chi connectivity index (χ2v) is 6.98. The average Bonchev–Trinajstić information content (AvgIpc) is 2.42. The molecule has 2 rings (SSSR count). The summed E-state index contributed by atoms with van der Waals surface area (Å²) in [5, 5.41) is 4.75. The molecule has 0 spiro atoms. The quantitative estimate of drug-likeness (QED) is 0.599. The maximum Gasteiger partial charge on any atom is 0.0835 e. The van der Waals surface area contributed by atoms with Crippen molar-refractivity contribution in [1.29, 1.82) is 0 Å². The number of benzene rings is 1.